The Morgan fingerprint density at radius 1 is 1.14 bits per heavy atom. The lowest BCUT2D eigenvalue weighted by Crippen LogP contribution is -2.24. The summed E-state index contributed by atoms with van der Waals surface area (Å²) in [5.41, 5.74) is 1.55. The van der Waals surface area contributed by atoms with Gasteiger partial charge in [0, 0.05) is 11.6 Å². The number of rotatable bonds is 3. The van der Waals surface area contributed by atoms with Gasteiger partial charge in [-0.3, -0.25) is 0 Å². The quantitative estimate of drug-likeness (QED) is 0.940. The Morgan fingerprint density at radius 3 is 2.76 bits per heavy atom. The van der Waals surface area contributed by atoms with Crippen molar-refractivity contribution in [3.8, 4) is 17.2 Å². The molecule has 5 heteroatoms. The second kappa shape index (κ2) is 5.52. The minimum absolute atomic E-state index is 0.229. The summed E-state index contributed by atoms with van der Waals surface area (Å²) in [5, 5.41) is 3.18. The van der Waals surface area contributed by atoms with Crippen LogP contribution in [0.4, 0.5) is 10.1 Å². The lowest BCUT2D eigenvalue weighted by Gasteiger charge is -2.28. The SMILES string of the molecule is COc1ccc(OC)c(C2CNc3cc(F)ccc3O2)c1. The molecule has 21 heavy (non-hydrogen) atoms. The number of methoxy groups -OCH3 is 2. The van der Waals surface area contributed by atoms with Crippen LogP contribution in [0.15, 0.2) is 36.4 Å². The fraction of sp³-hybridized carbons (Fsp3) is 0.250. The molecule has 1 aliphatic heterocycles. The van der Waals surface area contributed by atoms with E-state index in [4.69, 9.17) is 14.2 Å². The average Bonchev–Trinajstić information content (AvgIpc) is 2.53. The van der Waals surface area contributed by atoms with Crippen LogP contribution in [0.2, 0.25) is 0 Å². The summed E-state index contributed by atoms with van der Waals surface area (Å²) in [6.07, 6.45) is -0.229. The molecular formula is C16H16FNO3. The molecule has 1 unspecified atom stereocenters. The first-order valence-corrected chi connectivity index (χ1v) is 6.63. The van der Waals surface area contributed by atoms with E-state index in [0.29, 0.717) is 18.0 Å². The number of halogens is 1. The van der Waals surface area contributed by atoms with E-state index in [-0.39, 0.29) is 11.9 Å². The van der Waals surface area contributed by atoms with Crippen molar-refractivity contribution in [3.05, 3.63) is 47.8 Å². The van der Waals surface area contributed by atoms with Gasteiger partial charge in [-0.05, 0) is 30.3 Å². The van der Waals surface area contributed by atoms with Gasteiger partial charge >= 0.3 is 0 Å². The molecule has 1 N–H and O–H groups in total. The molecule has 1 atom stereocenters. The molecule has 110 valence electrons. The maximum atomic E-state index is 13.2. The highest BCUT2D eigenvalue weighted by atomic mass is 19.1. The molecular weight excluding hydrogens is 273 g/mol. The molecule has 0 saturated heterocycles. The van der Waals surface area contributed by atoms with E-state index in [1.165, 1.54) is 12.1 Å². The molecule has 3 rings (SSSR count). The predicted octanol–water partition coefficient (Wildman–Crippen LogP) is 3.39. The molecule has 0 amide bonds. The number of nitrogens with one attached hydrogen (secondary N) is 1. The summed E-state index contributed by atoms with van der Waals surface area (Å²) in [6.45, 7) is 0.528. The lowest BCUT2D eigenvalue weighted by molar-refractivity contribution is 0.204. The van der Waals surface area contributed by atoms with E-state index in [1.54, 1.807) is 20.3 Å². The summed E-state index contributed by atoms with van der Waals surface area (Å²) in [4.78, 5) is 0. The smallest absolute Gasteiger partial charge is 0.145 e. The van der Waals surface area contributed by atoms with Crippen molar-refractivity contribution in [1.29, 1.82) is 0 Å². The first-order valence-electron chi connectivity index (χ1n) is 6.63. The molecule has 1 heterocycles. The number of hydrogen-bond acceptors (Lipinski definition) is 4. The number of ether oxygens (including phenoxy) is 3. The Morgan fingerprint density at radius 2 is 2.00 bits per heavy atom. The van der Waals surface area contributed by atoms with Crippen LogP contribution < -0.4 is 19.5 Å². The van der Waals surface area contributed by atoms with Gasteiger partial charge in [-0.15, -0.1) is 0 Å². The zero-order valence-electron chi connectivity index (χ0n) is 11.9. The van der Waals surface area contributed by atoms with Crippen LogP contribution in [-0.2, 0) is 0 Å². The molecule has 4 nitrogen and oxygen atoms in total. The minimum atomic E-state index is -0.290. The second-order valence-corrected chi connectivity index (χ2v) is 4.74. The van der Waals surface area contributed by atoms with E-state index in [1.807, 2.05) is 18.2 Å². The summed E-state index contributed by atoms with van der Waals surface area (Å²) >= 11 is 0. The van der Waals surface area contributed by atoms with Crippen molar-refractivity contribution in [3.63, 3.8) is 0 Å². The van der Waals surface area contributed by atoms with Crippen LogP contribution in [0.25, 0.3) is 0 Å². The molecule has 0 saturated carbocycles. The van der Waals surface area contributed by atoms with Gasteiger partial charge in [0.1, 0.15) is 29.2 Å². The van der Waals surface area contributed by atoms with Gasteiger partial charge in [-0.1, -0.05) is 0 Å². The lowest BCUT2D eigenvalue weighted by atomic mass is 10.1. The van der Waals surface area contributed by atoms with Crippen molar-refractivity contribution < 1.29 is 18.6 Å². The molecule has 0 aromatic heterocycles. The maximum absolute atomic E-state index is 13.2. The van der Waals surface area contributed by atoms with E-state index in [9.17, 15) is 4.39 Å². The van der Waals surface area contributed by atoms with E-state index < -0.39 is 0 Å². The fourth-order valence-corrected chi connectivity index (χ4v) is 2.41. The van der Waals surface area contributed by atoms with Gasteiger partial charge in [-0.25, -0.2) is 4.39 Å². The van der Waals surface area contributed by atoms with Crippen LogP contribution in [0.1, 0.15) is 11.7 Å². The highest BCUT2D eigenvalue weighted by molar-refractivity contribution is 5.59. The second-order valence-electron chi connectivity index (χ2n) is 4.74. The normalized spacial score (nSPS) is 16.4. The van der Waals surface area contributed by atoms with Gasteiger partial charge in [0.25, 0.3) is 0 Å². The van der Waals surface area contributed by atoms with E-state index in [2.05, 4.69) is 5.32 Å². The maximum Gasteiger partial charge on any atom is 0.145 e. The summed E-state index contributed by atoms with van der Waals surface area (Å²) < 4.78 is 29.8. The summed E-state index contributed by atoms with van der Waals surface area (Å²) in [7, 11) is 3.23. The van der Waals surface area contributed by atoms with Crippen LogP contribution in [-0.4, -0.2) is 20.8 Å². The largest absolute Gasteiger partial charge is 0.497 e. The Labute approximate surface area is 122 Å². The van der Waals surface area contributed by atoms with Crippen LogP contribution in [0, 0.1) is 5.82 Å². The third kappa shape index (κ3) is 2.59. The molecule has 1 aliphatic rings. The van der Waals surface area contributed by atoms with Gasteiger partial charge in [-0.2, -0.15) is 0 Å². The Bertz CT molecular complexity index is 660. The number of anilines is 1. The molecule has 2 aromatic carbocycles. The number of fused-ring (bicyclic) bond motifs is 1. The fourth-order valence-electron chi connectivity index (χ4n) is 2.41. The standard InChI is InChI=1S/C16H16FNO3/c1-19-11-4-6-14(20-2)12(8-11)16-9-18-13-7-10(17)3-5-15(13)21-16/h3-8,16,18H,9H2,1-2H3. The zero-order valence-corrected chi connectivity index (χ0v) is 11.9. The van der Waals surface area contributed by atoms with Gasteiger partial charge < -0.3 is 19.5 Å². The zero-order chi connectivity index (χ0) is 14.8. The highest BCUT2D eigenvalue weighted by Gasteiger charge is 2.24. The van der Waals surface area contributed by atoms with Crippen molar-refractivity contribution in [2.24, 2.45) is 0 Å². The first kappa shape index (κ1) is 13.5. The highest BCUT2D eigenvalue weighted by Crippen LogP contribution is 2.38. The van der Waals surface area contributed by atoms with Crippen LogP contribution in [0.5, 0.6) is 17.2 Å². The molecule has 0 aliphatic carbocycles. The number of hydrogen-bond donors (Lipinski definition) is 1. The van der Waals surface area contributed by atoms with Crippen LogP contribution >= 0.6 is 0 Å². The molecule has 0 bridgehead atoms. The topological polar surface area (TPSA) is 39.7 Å². The third-order valence-electron chi connectivity index (χ3n) is 3.47. The molecule has 0 radical (unpaired) electrons. The van der Waals surface area contributed by atoms with Gasteiger partial charge in [0.15, 0.2) is 0 Å². The average molecular weight is 289 g/mol. The van der Waals surface area contributed by atoms with Gasteiger partial charge in [0.05, 0.1) is 26.5 Å². The first-order chi connectivity index (χ1) is 10.2. The van der Waals surface area contributed by atoms with Crippen molar-refractivity contribution >= 4 is 5.69 Å². The predicted molar refractivity (Wildman–Crippen MR) is 77.8 cm³/mol. The Hall–Kier alpha value is -2.43. The summed E-state index contributed by atoms with van der Waals surface area (Å²) in [6, 6.07) is 10.00. The van der Waals surface area contributed by atoms with E-state index in [0.717, 1.165) is 17.1 Å². The Balaban J connectivity index is 1.93. The van der Waals surface area contributed by atoms with E-state index >= 15 is 0 Å². The molecule has 0 spiro atoms. The van der Waals surface area contributed by atoms with Crippen LogP contribution in [0.3, 0.4) is 0 Å². The van der Waals surface area contributed by atoms with Crippen molar-refractivity contribution in [1.82, 2.24) is 0 Å². The minimum Gasteiger partial charge on any atom is -0.497 e. The third-order valence-corrected chi connectivity index (χ3v) is 3.47. The van der Waals surface area contributed by atoms with Crippen molar-refractivity contribution in [2.45, 2.75) is 6.10 Å². The molecule has 2 aromatic rings. The Kier molecular flexibility index (Phi) is 3.56. The van der Waals surface area contributed by atoms with Gasteiger partial charge in [0.2, 0.25) is 0 Å². The number of benzene rings is 2. The molecule has 0 fully saturated rings. The van der Waals surface area contributed by atoms with Crippen molar-refractivity contribution in [2.75, 3.05) is 26.1 Å². The summed E-state index contributed by atoms with van der Waals surface area (Å²) in [5.74, 6) is 1.80. The monoisotopic (exact) mass is 289 g/mol.